The Hall–Kier alpha value is -1.36. The average molecular weight is 327 g/mol. The lowest BCUT2D eigenvalue weighted by Crippen LogP contribution is -2.27. The molecular weight excluding hydrogens is 308 g/mol. The number of hydrogen-bond acceptors (Lipinski definition) is 2. The summed E-state index contributed by atoms with van der Waals surface area (Å²) < 4.78 is 0. The lowest BCUT2D eigenvalue weighted by atomic mass is 10.1. The quantitative estimate of drug-likeness (QED) is 0.836. The van der Waals surface area contributed by atoms with E-state index in [-0.39, 0.29) is 22.6 Å². The van der Waals surface area contributed by atoms with E-state index in [2.05, 4.69) is 26.6 Å². The SMILES string of the molecule is CNC(=O)c1ccc(C)c(NC(=O)C(Br)C(C)C)c1. The van der Waals surface area contributed by atoms with Gasteiger partial charge in [0.05, 0.1) is 4.83 Å². The second-order valence-electron chi connectivity index (χ2n) is 4.74. The first-order valence-electron chi connectivity index (χ1n) is 6.14. The Morgan fingerprint density at radius 3 is 2.42 bits per heavy atom. The van der Waals surface area contributed by atoms with Gasteiger partial charge in [-0.2, -0.15) is 0 Å². The van der Waals surface area contributed by atoms with Crippen molar-refractivity contribution in [3.8, 4) is 0 Å². The molecule has 2 N–H and O–H groups in total. The minimum atomic E-state index is -0.254. The Balaban J connectivity index is 2.94. The number of anilines is 1. The van der Waals surface area contributed by atoms with Crippen LogP contribution in [0.4, 0.5) is 5.69 Å². The van der Waals surface area contributed by atoms with E-state index in [4.69, 9.17) is 0 Å². The molecule has 0 aromatic heterocycles. The number of benzene rings is 1. The fraction of sp³-hybridized carbons (Fsp3) is 0.429. The summed E-state index contributed by atoms with van der Waals surface area (Å²) in [5.74, 6) is -0.0793. The molecule has 0 bridgehead atoms. The average Bonchev–Trinajstić information content (AvgIpc) is 2.39. The summed E-state index contributed by atoms with van der Waals surface area (Å²) in [6.45, 7) is 5.82. The van der Waals surface area contributed by atoms with Crippen LogP contribution >= 0.6 is 15.9 Å². The van der Waals surface area contributed by atoms with Gasteiger partial charge in [-0.15, -0.1) is 0 Å². The first-order valence-corrected chi connectivity index (χ1v) is 7.06. The van der Waals surface area contributed by atoms with Gasteiger partial charge < -0.3 is 10.6 Å². The van der Waals surface area contributed by atoms with E-state index in [1.54, 1.807) is 19.2 Å². The summed E-state index contributed by atoms with van der Waals surface area (Å²) in [4.78, 5) is 23.3. The van der Waals surface area contributed by atoms with Gasteiger partial charge in [0.2, 0.25) is 5.91 Å². The predicted octanol–water partition coefficient (Wildman–Crippen LogP) is 2.71. The maximum Gasteiger partial charge on any atom is 0.251 e. The molecule has 19 heavy (non-hydrogen) atoms. The van der Waals surface area contributed by atoms with Gasteiger partial charge in [-0.05, 0) is 30.5 Å². The van der Waals surface area contributed by atoms with Gasteiger partial charge in [0.25, 0.3) is 5.91 Å². The molecule has 1 atom stereocenters. The van der Waals surface area contributed by atoms with Crippen molar-refractivity contribution in [1.82, 2.24) is 5.32 Å². The number of carbonyl (C=O) groups is 2. The molecule has 0 saturated heterocycles. The van der Waals surface area contributed by atoms with Crippen LogP contribution in [0.2, 0.25) is 0 Å². The highest BCUT2D eigenvalue weighted by molar-refractivity contribution is 9.10. The number of hydrogen-bond donors (Lipinski definition) is 2. The van der Waals surface area contributed by atoms with E-state index in [0.29, 0.717) is 11.3 Å². The Bertz CT molecular complexity index is 486. The first kappa shape index (κ1) is 15.7. The minimum absolute atomic E-state index is 0.104. The fourth-order valence-electron chi connectivity index (χ4n) is 1.55. The molecule has 2 amide bonds. The highest BCUT2D eigenvalue weighted by Gasteiger charge is 2.19. The van der Waals surface area contributed by atoms with Crippen molar-refractivity contribution in [1.29, 1.82) is 0 Å². The fourth-order valence-corrected chi connectivity index (χ4v) is 1.66. The highest BCUT2D eigenvalue weighted by Crippen LogP contribution is 2.20. The number of rotatable bonds is 4. The summed E-state index contributed by atoms with van der Waals surface area (Å²) in [6, 6.07) is 5.24. The lowest BCUT2D eigenvalue weighted by molar-refractivity contribution is -0.116. The maximum absolute atomic E-state index is 12.0. The number of amides is 2. The van der Waals surface area contributed by atoms with Crippen LogP contribution in [-0.2, 0) is 4.79 Å². The molecule has 0 fully saturated rings. The van der Waals surface area contributed by atoms with E-state index < -0.39 is 0 Å². The molecule has 1 unspecified atom stereocenters. The number of aryl methyl sites for hydroxylation is 1. The van der Waals surface area contributed by atoms with Crippen molar-refractivity contribution in [3.63, 3.8) is 0 Å². The Labute approximate surface area is 122 Å². The van der Waals surface area contributed by atoms with Crippen LogP contribution in [0.3, 0.4) is 0 Å². The van der Waals surface area contributed by atoms with Gasteiger partial charge >= 0.3 is 0 Å². The molecule has 0 saturated carbocycles. The third kappa shape index (κ3) is 4.06. The Morgan fingerprint density at radius 1 is 1.26 bits per heavy atom. The van der Waals surface area contributed by atoms with E-state index in [0.717, 1.165) is 5.56 Å². The molecule has 0 heterocycles. The van der Waals surface area contributed by atoms with Gasteiger partial charge in [0, 0.05) is 18.3 Å². The van der Waals surface area contributed by atoms with Crippen LogP contribution < -0.4 is 10.6 Å². The largest absolute Gasteiger partial charge is 0.355 e. The molecule has 0 spiro atoms. The van der Waals surface area contributed by atoms with E-state index in [9.17, 15) is 9.59 Å². The molecule has 0 aliphatic rings. The molecule has 1 aromatic carbocycles. The van der Waals surface area contributed by atoms with Crippen LogP contribution in [-0.4, -0.2) is 23.7 Å². The van der Waals surface area contributed by atoms with E-state index in [1.807, 2.05) is 26.8 Å². The van der Waals surface area contributed by atoms with Crippen molar-refractivity contribution in [2.24, 2.45) is 5.92 Å². The smallest absolute Gasteiger partial charge is 0.251 e. The first-order chi connectivity index (χ1) is 8.86. The third-order valence-electron chi connectivity index (χ3n) is 2.82. The van der Waals surface area contributed by atoms with Gasteiger partial charge in [-0.25, -0.2) is 0 Å². The van der Waals surface area contributed by atoms with Crippen molar-refractivity contribution in [2.45, 2.75) is 25.6 Å². The third-order valence-corrected chi connectivity index (χ3v) is 4.29. The van der Waals surface area contributed by atoms with Crippen molar-refractivity contribution in [3.05, 3.63) is 29.3 Å². The van der Waals surface area contributed by atoms with Crippen LogP contribution in [0.15, 0.2) is 18.2 Å². The molecule has 104 valence electrons. The summed E-state index contributed by atoms with van der Waals surface area (Å²) in [5, 5.41) is 5.41. The molecule has 0 radical (unpaired) electrons. The molecule has 0 aliphatic heterocycles. The van der Waals surface area contributed by atoms with Gasteiger partial charge in [0.15, 0.2) is 0 Å². The number of carbonyl (C=O) groups excluding carboxylic acids is 2. The minimum Gasteiger partial charge on any atom is -0.355 e. The predicted molar refractivity (Wildman–Crippen MR) is 80.8 cm³/mol. The lowest BCUT2D eigenvalue weighted by Gasteiger charge is -2.15. The molecule has 4 nitrogen and oxygen atoms in total. The van der Waals surface area contributed by atoms with E-state index >= 15 is 0 Å². The van der Waals surface area contributed by atoms with Crippen molar-refractivity contribution in [2.75, 3.05) is 12.4 Å². The molecule has 1 rings (SSSR count). The van der Waals surface area contributed by atoms with Crippen LogP contribution in [0.5, 0.6) is 0 Å². The Kier molecular flexibility index (Phi) is 5.54. The van der Waals surface area contributed by atoms with Crippen LogP contribution in [0.1, 0.15) is 29.8 Å². The second kappa shape index (κ2) is 6.70. The van der Waals surface area contributed by atoms with Crippen LogP contribution in [0.25, 0.3) is 0 Å². The number of halogens is 1. The number of alkyl halides is 1. The summed E-state index contributed by atoms with van der Waals surface area (Å²) in [5.41, 5.74) is 2.11. The summed E-state index contributed by atoms with van der Waals surface area (Å²) in [7, 11) is 1.58. The second-order valence-corrected chi connectivity index (χ2v) is 5.73. The van der Waals surface area contributed by atoms with Gasteiger partial charge in [-0.1, -0.05) is 35.8 Å². The topological polar surface area (TPSA) is 58.2 Å². The highest BCUT2D eigenvalue weighted by atomic mass is 79.9. The summed E-state index contributed by atoms with van der Waals surface area (Å²) in [6.07, 6.45) is 0. The number of nitrogens with one attached hydrogen (secondary N) is 2. The monoisotopic (exact) mass is 326 g/mol. The standard InChI is InChI=1S/C14H19BrN2O2/c1-8(2)12(15)14(19)17-11-7-10(13(18)16-4)6-5-9(11)3/h5-8,12H,1-4H3,(H,16,18)(H,17,19). The van der Waals surface area contributed by atoms with Gasteiger partial charge in [0.1, 0.15) is 0 Å². The normalized spacial score (nSPS) is 12.1. The molecule has 1 aromatic rings. The summed E-state index contributed by atoms with van der Waals surface area (Å²) >= 11 is 3.36. The molecular formula is C14H19BrN2O2. The Morgan fingerprint density at radius 2 is 1.89 bits per heavy atom. The maximum atomic E-state index is 12.0. The zero-order chi connectivity index (χ0) is 14.6. The van der Waals surface area contributed by atoms with Gasteiger partial charge in [-0.3, -0.25) is 9.59 Å². The molecule has 0 aliphatic carbocycles. The van der Waals surface area contributed by atoms with Crippen molar-refractivity contribution >= 4 is 33.4 Å². The van der Waals surface area contributed by atoms with E-state index in [1.165, 1.54) is 0 Å². The zero-order valence-corrected chi connectivity index (χ0v) is 13.2. The van der Waals surface area contributed by atoms with Crippen LogP contribution in [0, 0.1) is 12.8 Å². The van der Waals surface area contributed by atoms with Crippen molar-refractivity contribution < 1.29 is 9.59 Å². The zero-order valence-electron chi connectivity index (χ0n) is 11.6. The molecule has 5 heteroatoms.